The van der Waals surface area contributed by atoms with Crippen LogP contribution in [0, 0.1) is 0 Å². The van der Waals surface area contributed by atoms with Crippen molar-refractivity contribution in [2.45, 2.75) is 11.4 Å². The number of H-pyrrole nitrogens is 1. The van der Waals surface area contributed by atoms with Gasteiger partial charge in [-0.2, -0.15) is 0 Å². The Morgan fingerprint density at radius 1 is 1.10 bits per heavy atom. The summed E-state index contributed by atoms with van der Waals surface area (Å²) in [5.41, 5.74) is 4.74. The second-order valence-electron chi connectivity index (χ2n) is 5.90. The van der Waals surface area contributed by atoms with Gasteiger partial charge in [0, 0.05) is 24.3 Å². The van der Waals surface area contributed by atoms with Crippen molar-refractivity contribution in [1.82, 2.24) is 9.88 Å². The summed E-state index contributed by atoms with van der Waals surface area (Å²) in [6, 6.07) is 19.0. The van der Waals surface area contributed by atoms with Crippen LogP contribution in [0.4, 0.5) is 0 Å². The molecule has 0 fully saturated rings. The third-order valence-corrected chi connectivity index (χ3v) is 4.86. The van der Waals surface area contributed by atoms with E-state index in [0.717, 1.165) is 24.3 Å². The number of aromatic amines is 1. The fourth-order valence-electron chi connectivity index (χ4n) is 3.37. The lowest BCUT2D eigenvalue weighted by atomic mass is 9.87. The molecule has 0 bridgehead atoms. The number of halogens is 1. The van der Waals surface area contributed by atoms with Gasteiger partial charge in [0.15, 0.2) is 0 Å². The number of nitrogens with one attached hydrogen (secondary N) is 1. The quantitative estimate of drug-likeness (QED) is 0.670. The number of para-hydroxylation sites is 1. The second kappa shape index (κ2) is 4.62. The average molecular weight is 297 g/mol. The van der Waals surface area contributed by atoms with Crippen molar-refractivity contribution in [3.05, 3.63) is 71.4 Å². The molecular formula is C18H17ClN2. The first-order valence-electron chi connectivity index (χ1n) is 7.21. The Kier molecular flexibility index (Phi) is 2.84. The van der Waals surface area contributed by atoms with E-state index in [0.29, 0.717) is 0 Å². The number of likely N-dealkylation sites (N-methyl/N-ethyl adjacent to an activating group) is 1. The van der Waals surface area contributed by atoms with Crippen molar-refractivity contribution in [2.24, 2.45) is 0 Å². The van der Waals surface area contributed by atoms with Crippen molar-refractivity contribution in [3.63, 3.8) is 0 Å². The van der Waals surface area contributed by atoms with Gasteiger partial charge >= 0.3 is 0 Å². The number of hydrogen-bond donors (Lipinski definition) is 1. The molecule has 0 saturated heterocycles. The van der Waals surface area contributed by atoms with Crippen LogP contribution in [0.15, 0.2) is 54.6 Å². The van der Waals surface area contributed by atoms with Gasteiger partial charge in [-0.3, -0.25) is 4.90 Å². The smallest absolute Gasteiger partial charge is 0.122 e. The number of nitrogens with zero attached hydrogens (tertiary/aromatic N) is 1. The molecule has 1 atom stereocenters. The Morgan fingerprint density at radius 2 is 1.86 bits per heavy atom. The maximum Gasteiger partial charge on any atom is 0.122 e. The third kappa shape index (κ3) is 1.98. The number of aromatic nitrogens is 1. The number of rotatable bonds is 1. The first-order valence-corrected chi connectivity index (χ1v) is 7.59. The summed E-state index contributed by atoms with van der Waals surface area (Å²) in [5, 5.41) is 1.21. The molecular weight excluding hydrogens is 280 g/mol. The highest BCUT2D eigenvalue weighted by Crippen LogP contribution is 2.42. The number of fused-ring (bicyclic) bond motifs is 2. The van der Waals surface area contributed by atoms with E-state index in [4.69, 9.17) is 11.6 Å². The molecule has 1 N–H and O–H groups in total. The van der Waals surface area contributed by atoms with Gasteiger partial charge < -0.3 is 4.98 Å². The molecule has 0 saturated carbocycles. The monoisotopic (exact) mass is 296 g/mol. The standard InChI is InChI=1S/C18H17ClN2/c1-21-11-14-7-2-4-8-15(14)18(19,12-21)17-10-13-6-3-5-9-16(13)20-17/h2-10,20H,11-12H2,1H3. The largest absolute Gasteiger partial charge is 0.357 e. The Hall–Kier alpha value is -1.77. The summed E-state index contributed by atoms with van der Waals surface area (Å²) >= 11 is 7.12. The minimum Gasteiger partial charge on any atom is -0.357 e. The van der Waals surface area contributed by atoms with Crippen LogP contribution in [-0.4, -0.2) is 23.5 Å². The first kappa shape index (κ1) is 12.9. The predicted octanol–water partition coefficient (Wildman–Crippen LogP) is 4.10. The van der Waals surface area contributed by atoms with Gasteiger partial charge in [-0.05, 0) is 35.7 Å². The van der Waals surface area contributed by atoms with Crippen LogP contribution in [0.3, 0.4) is 0 Å². The molecule has 0 radical (unpaired) electrons. The molecule has 21 heavy (non-hydrogen) atoms. The van der Waals surface area contributed by atoms with Crippen molar-refractivity contribution in [1.29, 1.82) is 0 Å². The van der Waals surface area contributed by atoms with E-state index in [2.05, 4.69) is 65.5 Å². The minimum absolute atomic E-state index is 0.511. The summed E-state index contributed by atoms with van der Waals surface area (Å²) in [6.45, 7) is 1.75. The lowest BCUT2D eigenvalue weighted by Gasteiger charge is -2.38. The molecule has 1 unspecified atom stereocenters. The van der Waals surface area contributed by atoms with Crippen molar-refractivity contribution < 1.29 is 0 Å². The van der Waals surface area contributed by atoms with Crippen LogP contribution in [0.25, 0.3) is 10.9 Å². The summed E-state index contributed by atoms with van der Waals surface area (Å²) in [4.78, 5) is 5.28. The average Bonchev–Trinajstić information content (AvgIpc) is 2.91. The van der Waals surface area contributed by atoms with E-state index in [1.807, 2.05) is 6.07 Å². The van der Waals surface area contributed by atoms with Crippen LogP contribution in [0.1, 0.15) is 16.8 Å². The second-order valence-corrected chi connectivity index (χ2v) is 6.55. The van der Waals surface area contributed by atoms with Crippen molar-refractivity contribution in [2.75, 3.05) is 13.6 Å². The molecule has 0 aliphatic carbocycles. The highest BCUT2D eigenvalue weighted by atomic mass is 35.5. The molecule has 0 amide bonds. The van der Waals surface area contributed by atoms with Crippen molar-refractivity contribution >= 4 is 22.5 Å². The van der Waals surface area contributed by atoms with Gasteiger partial charge in [0.2, 0.25) is 0 Å². The highest BCUT2D eigenvalue weighted by Gasteiger charge is 2.39. The summed E-state index contributed by atoms with van der Waals surface area (Å²) in [5.74, 6) is 0. The first-order chi connectivity index (χ1) is 10.2. The fraction of sp³-hybridized carbons (Fsp3) is 0.222. The zero-order valence-electron chi connectivity index (χ0n) is 11.9. The molecule has 3 heteroatoms. The zero-order valence-corrected chi connectivity index (χ0v) is 12.7. The summed E-state index contributed by atoms with van der Waals surface area (Å²) in [6.07, 6.45) is 0. The summed E-state index contributed by atoms with van der Waals surface area (Å²) < 4.78 is 0. The lowest BCUT2D eigenvalue weighted by Crippen LogP contribution is -2.41. The Bertz CT molecular complexity index is 775. The molecule has 0 spiro atoms. The van der Waals surface area contributed by atoms with E-state index in [1.54, 1.807) is 0 Å². The molecule has 1 aliphatic heterocycles. The van der Waals surface area contributed by atoms with Gasteiger partial charge in [-0.25, -0.2) is 0 Å². The zero-order chi connectivity index (χ0) is 14.4. The van der Waals surface area contributed by atoms with E-state index in [-0.39, 0.29) is 0 Å². The topological polar surface area (TPSA) is 19.0 Å². The molecule has 4 rings (SSSR count). The Labute approximate surface area is 129 Å². The van der Waals surface area contributed by atoms with Crippen molar-refractivity contribution in [3.8, 4) is 0 Å². The van der Waals surface area contributed by atoms with Crippen LogP contribution in [0.2, 0.25) is 0 Å². The van der Waals surface area contributed by atoms with Crippen LogP contribution < -0.4 is 0 Å². The Balaban J connectivity index is 1.93. The number of alkyl halides is 1. The molecule has 2 nitrogen and oxygen atoms in total. The lowest BCUT2D eigenvalue weighted by molar-refractivity contribution is 0.277. The minimum atomic E-state index is -0.511. The van der Waals surface area contributed by atoms with Crippen LogP contribution >= 0.6 is 11.6 Å². The highest BCUT2D eigenvalue weighted by molar-refractivity contribution is 6.26. The van der Waals surface area contributed by atoms with Crippen LogP contribution in [-0.2, 0) is 11.4 Å². The molecule has 1 aliphatic rings. The van der Waals surface area contributed by atoms with Gasteiger partial charge in [0.25, 0.3) is 0 Å². The summed E-state index contributed by atoms with van der Waals surface area (Å²) in [7, 11) is 2.12. The van der Waals surface area contributed by atoms with Gasteiger partial charge in [0.1, 0.15) is 4.87 Å². The maximum atomic E-state index is 7.12. The molecule has 1 aromatic heterocycles. The third-order valence-electron chi connectivity index (χ3n) is 4.33. The molecule has 2 heterocycles. The maximum absolute atomic E-state index is 7.12. The van der Waals surface area contributed by atoms with E-state index in [1.165, 1.54) is 16.5 Å². The number of hydrogen-bond acceptors (Lipinski definition) is 1. The molecule has 3 aromatic rings. The molecule has 2 aromatic carbocycles. The predicted molar refractivity (Wildman–Crippen MR) is 87.7 cm³/mol. The van der Waals surface area contributed by atoms with Gasteiger partial charge in [-0.15, -0.1) is 11.6 Å². The number of benzene rings is 2. The normalized spacial score (nSPS) is 22.4. The van der Waals surface area contributed by atoms with Gasteiger partial charge in [-0.1, -0.05) is 42.5 Å². The molecule has 106 valence electrons. The fourth-order valence-corrected chi connectivity index (χ4v) is 3.86. The van der Waals surface area contributed by atoms with Crippen LogP contribution in [0.5, 0.6) is 0 Å². The Morgan fingerprint density at radius 3 is 2.71 bits per heavy atom. The van der Waals surface area contributed by atoms with Gasteiger partial charge in [0.05, 0.1) is 0 Å². The van der Waals surface area contributed by atoms with E-state index in [9.17, 15) is 0 Å². The van der Waals surface area contributed by atoms with E-state index < -0.39 is 4.87 Å². The van der Waals surface area contributed by atoms with E-state index >= 15 is 0 Å². The SMILES string of the molecule is CN1Cc2ccccc2C(Cl)(c2cc3ccccc3[nH]2)C1.